The van der Waals surface area contributed by atoms with Crippen LogP contribution in [0.25, 0.3) is 12.2 Å². The van der Waals surface area contributed by atoms with Crippen LogP contribution < -0.4 is 40.2 Å². The third kappa shape index (κ3) is 18.2. The minimum absolute atomic E-state index is 0.0270. The van der Waals surface area contributed by atoms with Gasteiger partial charge in [-0.15, -0.1) is 0 Å². The molecule has 4 amide bonds. The molecule has 0 fully saturated rings. The van der Waals surface area contributed by atoms with Gasteiger partial charge in [-0.1, -0.05) is 170 Å². The van der Waals surface area contributed by atoms with E-state index in [0.29, 0.717) is 27.8 Å². The van der Waals surface area contributed by atoms with Crippen LogP contribution in [0.2, 0.25) is 0 Å². The number of benzene rings is 8. The van der Waals surface area contributed by atoms with Gasteiger partial charge in [-0.25, -0.2) is 9.59 Å². The monoisotopic (exact) mass is 1450 g/mol. The summed E-state index contributed by atoms with van der Waals surface area (Å²) in [5.41, 5.74) is -7.46. The van der Waals surface area contributed by atoms with E-state index in [2.05, 4.69) is 20.1 Å². The number of fused-ring (bicyclic) bond motifs is 4. The lowest BCUT2D eigenvalue weighted by atomic mass is 9.85. The number of aryl methyl sites for hydroxylation is 1. The third-order valence-electron chi connectivity index (χ3n) is 15.2. The second kappa shape index (κ2) is 30.9. The van der Waals surface area contributed by atoms with Crippen molar-refractivity contribution in [2.75, 3.05) is 36.7 Å². The van der Waals surface area contributed by atoms with Crippen LogP contribution in [0, 0.1) is 0 Å². The van der Waals surface area contributed by atoms with Crippen molar-refractivity contribution >= 4 is 60.9 Å². The molecule has 0 saturated heterocycles. The van der Waals surface area contributed by atoms with E-state index < -0.39 is 72.7 Å². The van der Waals surface area contributed by atoms with Gasteiger partial charge in [-0.2, -0.15) is 47.9 Å². The van der Waals surface area contributed by atoms with Gasteiger partial charge in [0.2, 0.25) is 13.6 Å². The zero-order valence-electron chi connectivity index (χ0n) is 51.9. The molecule has 8 aromatic rings. The van der Waals surface area contributed by atoms with Gasteiger partial charge in [-0.05, 0) is 81.8 Å². The van der Waals surface area contributed by atoms with Crippen molar-refractivity contribution in [1.29, 1.82) is 0 Å². The van der Waals surface area contributed by atoms with E-state index >= 15 is 0 Å². The maximum atomic E-state index is 14.8. The predicted molar refractivity (Wildman–Crippen MR) is 347 cm³/mol. The SMILES string of the molecule is O=C1Nc2cc3c(cc2[C@@](/C=C/c2cccc(CCP(=O)(OCc4ccccc4)OCc4ccccc4)c2)(C(F)(F)F)N1)OCO3.O=C1Nc2cc3c(cc2[C@@](/C=C/c2cccc(O)c2)(C(F)(F)F)N1)OCO3.O=P(COS(=O)(=O)C(F)(F)F)(OCc1ccccc1)OCc1ccccc1. The van der Waals surface area contributed by atoms with Crippen LogP contribution in [0.1, 0.15) is 50.1 Å². The Morgan fingerprint density at radius 2 is 0.830 bits per heavy atom. The Labute approximate surface area is 565 Å². The number of phenols is 1. The number of urea groups is 2. The molecule has 5 N–H and O–H groups in total. The molecule has 2 atom stereocenters. The summed E-state index contributed by atoms with van der Waals surface area (Å²) in [5.74, 6) is 0.715. The predicted octanol–water partition coefficient (Wildman–Crippen LogP) is 16.4. The molecule has 8 aromatic carbocycles. The number of halogens is 9. The summed E-state index contributed by atoms with van der Waals surface area (Å²) < 4.78 is 220. The average Bonchev–Trinajstić information content (AvgIpc) is 1.03. The van der Waals surface area contributed by atoms with Crippen LogP contribution >= 0.6 is 15.2 Å². The summed E-state index contributed by atoms with van der Waals surface area (Å²) in [6.45, 7) is -0.583. The Kier molecular flexibility index (Phi) is 22.6. The first-order valence-electron chi connectivity index (χ1n) is 29.9. The molecule has 0 saturated carbocycles. The number of hydrogen-bond acceptors (Lipinski definition) is 16. The maximum absolute atomic E-state index is 14.8. The standard InChI is InChI=1S/C34H30F3N2O6P.C18H13F3N2O4.C16H16F3O6PS/c35-34(36,37)33(28-19-30-31(43-23-42-30)20-29(28)38-32(40)39-33)16-14-24-12-7-13-25(18-24)15-17-46(41,44-21-26-8-3-1-4-9-26)45-22-27-10-5-2-6-11-27;19-18(20,21)17(5-4-10-2-1-3-11(24)6-10)12-7-14-15(27-9-26-14)8-13(12)22-16(25)23-17;17-16(18,19)27(21,22)25-13-26(20,23-11-14-7-3-1-4-8-14)24-12-15-9-5-2-6-10-15/h1-14,16,18-20H,15,17,21-23H2,(H2,38,39,40);1-8,24H,9H2,(H2,22,23,25);1-10H,11-13H2/b16-14+;5-4+;/t33-;17-;/m00./s1. The molecule has 0 unspecified atom stereocenters. The molecule has 0 bridgehead atoms. The fraction of sp³-hybridized carbons (Fsp3) is 0.206. The summed E-state index contributed by atoms with van der Waals surface area (Å²) in [6.07, 6.45) is -6.56. The number of aromatic hydroxyl groups is 1. The lowest BCUT2D eigenvalue weighted by Gasteiger charge is -2.39. The lowest BCUT2D eigenvalue weighted by molar-refractivity contribution is -0.182. The van der Waals surface area contributed by atoms with Crippen LogP contribution in [0.4, 0.5) is 60.5 Å². The summed E-state index contributed by atoms with van der Waals surface area (Å²) in [7, 11) is -13.8. The Morgan fingerprint density at radius 1 is 0.470 bits per heavy atom. The van der Waals surface area contributed by atoms with Crippen LogP contribution in [0.5, 0.6) is 28.7 Å². The highest BCUT2D eigenvalue weighted by molar-refractivity contribution is 7.87. The first-order chi connectivity index (χ1) is 47.5. The van der Waals surface area contributed by atoms with Crippen molar-refractivity contribution in [3.63, 3.8) is 0 Å². The van der Waals surface area contributed by atoms with Gasteiger partial charge in [0.15, 0.2) is 40.4 Å². The molecule has 0 spiro atoms. The molecule has 0 radical (unpaired) electrons. The molecule has 100 heavy (non-hydrogen) atoms. The van der Waals surface area contributed by atoms with Crippen LogP contribution in [0.3, 0.4) is 0 Å². The molecular weight excluding hydrogens is 1390 g/mol. The molecule has 0 aliphatic carbocycles. The smallest absolute Gasteiger partial charge is 0.508 e. The zero-order valence-corrected chi connectivity index (χ0v) is 54.5. The maximum Gasteiger partial charge on any atom is 0.523 e. The Morgan fingerprint density at radius 3 is 1.21 bits per heavy atom. The Hall–Kier alpha value is -9.64. The van der Waals surface area contributed by atoms with Gasteiger partial charge in [0.25, 0.3) is 0 Å². The molecule has 12 rings (SSSR count). The van der Waals surface area contributed by atoms with Gasteiger partial charge in [0, 0.05) is 23.3 Å². The summed E-state index contributed by atoms with van der Waals surface area (Å²) >= 11 is 0. The molecule has 20 nitrogen and oxygen atoms in total. The van der Waals surface area contributed by atoms with Gasteiger partial charge in [0.05, 0.1) is 44.0 Å². The normalized spacial score (nSPS) is 17.1. The summed E-state index contributed by atoms with van der Waals surface area (Å²) in [6, 6.07) is 51.0. The zero-order chi connectivity index (χ0) is 71.4. The number of anilines is 2. The largest absolute Gasteiger partial charge is 0.523 e. The first-order valence-corrected chi connectivity index (χ1v) is 34.7. The van der Waals surface area contributed by atoms with Crippen molar-refractivity contribution in [3.05, 3.63) is 256 Å². The minimum atomic E-state index is -5.93. The summed E-state index contributed by atoms with van der Waals surface area (Å²) in [5, 5.41) is 18.4. The van der Waals surface area contributed by atoms with Crippen molar-refractivity contribution in [1.82, 2.24) is 10.6 Å². The molecular formula is C68H59F9N4O16P2S. The Balaban J connectivity index is 0.000000172. The molecule has 4 aliphatic heterocycles. The number of hydrogen-bond donors (Lipinski definition) is 5. The van der Waals surface area contributed by atoms with Crippen LogP contribution in [-0.2, 0) is 85.5 Å². The molecule has 4 aliphatic rings. The fourth-order valence-electron chi connectivity index (χ4n) is 10.1. The Bertz CT molecular complexity index is 4390. The third-order valence-corrected chi connectivity index (χ3v) is 19.6. The summed E-state index contributed by atoms with van der Waals surface area (Å²) in [4.78, 5) is 24.4. The molecule has 526 valence electrons. The van der Waals surface area contributed by atoms with E-state index in [9.17, 15) is 71.8 Å². The minimum Gasteiger partial charge on any atom is -0.508 e. The topological polar surface area (TPSA) is 254 Å². The van der Waals surface area contributed by atoms with Crippen molar-refractivity contribution in [3.8, 4) is 28.7 Å². The highest BCUT2D eigenvalue weighted by Gasteiger charge is 2.60. The van der Waals surface area contributed by atoms with E-state index in [0.717, 1.165) is 23.3 Å². The number of ether oxygens (including phenoxy) is 4. The van der Waals surface area contributed by atoms with Gasteiger partial charge < -0.3 is 63.4 Å². The van der Waals surface area contributed by atoms with Crippen LogP contribution in [-0.4, -0.2) is 69.5 Å². The number of rotatable bonds is 22. The quantitative estimate of drug-likeness (QED) is 0.0183. The first kappa shape index (κ1) is 73.1. The van der Waals surface area contributed by atoms with Gasteiger partial charge in [0.1, 0.15) is 5.75 Å². The van der Waals surface area contributed by atoms with E-state index in [-0.39, 0.29) is 104 Å². The number of phenolic OH excluding ortho intramolecular Hbond substituents is 1. The van der Waals surface area contributed by atoms with Crippen molar-refractivity contribution < 1.29 is 113 Å². The van der Waals surface area contributed by atoms with Gasteiger partial charge >= 0.3 is 55.2 Å². The lowest BCUT2D eigenvalue weighted by Crippen LogP contribution is -2.58. The van der Waals surface area contributed by atoms with Crippen molar-refractivity contribution in [2.24, 2.45) is 0 Å². The van der Waals surface area contributed by atoms with E-state index in [4.69, 9.17) is 37.0 Å². The van der Waals surface area contributed by atoms with Crippen LogP contribution in [0.15, 0.2) is 206 Å². The molecule has 32 heteroatoms. The number of carbonyl (C=O) groups excluding carboxylic acids is 2. The molecule has 4 heterocycles. The number of amides is 4. The average molecular weight is 1450 g/mol. The van der Waals surface area contributed by atoms with E-state index in [1.54, 1.807) is 84.9 Å². The highest BCUT2D eigenvalue weighted by atomic mass is 32.2. The number of alkyl halides is 9. The van der Waals surface area contributed by atoms with E-state index in [1.165, 1.54) is 60.7 Å². The van der Waals surface area contributed by atoms with E-state index in [1.807, 2.05) is 66.0 Å². The number of carbonyl (C=O) groups is 2. The second-order valence-corrected chi connectivity index (χ2v) is 27.9. The fourth-order valence-corrected chi connectivity index (χ4v) is 13.8. The van der Waals surface area contributed by atoms with Gasteiger partial charge in [-0.3, -0.25) is 13.3 Å². The molecule has 0 aromatic heterocycles. The number of nitrogens with one attached hydrogen (secondary N) is 4. The highest BCUT2D eigenvalue weighted by Crippen LogP contribution is 2.54. The van der Waals surface area contributed by atoms with Crippen molar-refractivity contribution in [2.45, 2.75) is 61.8 Å². The second-order valence-electron chi connectivity index (χ2n) is 22.2.